The zero-order valence-electron chi connectivity index (χ0n) is 11.6. The van der Waals surface area contributed by atoms with Crippen molar-refractivity contribution >= 4 is 0 Å². The lowest BCUT2D eigenvalue weighted by atomic mass is 9.87. The standard InChI is InChI=1S/C14H24N2O2/c1-9(2)13(6-15)14(17)11-5-12(8-16-7-11)18-10(3)4/h5,7-10,13-14,17H,6,15H2,1-4H3. The minimum absolute atomic E-state index is 0.0288. The van der Waals surface area contributed by atoms with E-state index >= 15 is 0 Å². The summed E-state index contributed by atoms with van der Waals surface area (Å²) in [6.45, 7) is 8.49. The summed E-state index contributed by atoms with van der Waals surface area (Å²) in [6.07, 6.45) is 2.82. The second-order valence-electron chi connectivity index (χ2n) is 5.21. The summed E-state index contributed by atoms with van der Waals surface area (Å²) in [5, 5.41) is 10.3. The molecule has 4 heteroatoms. The molecule has 0 saturated heterocycles. The Bertz CT molecular complexity index is 367. The van der Waals surface area contributed by atoms with E-state index in [4.69, 9.17) is 10.5 Å². The Hall–Kier alpha value is -1.13. The zero-order chi connectivity index (χ0) is 13.7. The van der Waals surface area contributed by atoms with E-state index in [1.165, 1.54) is 0 Å². The van der Waals surface area contributed by atoms with Crippen molar-refractivity contribution in [1.82, 2.24) is 4.98 Å². The van der Waals surface area contributed by atoms with Crippen molar-refractivity contribution in [3.05, 3.63) is 24.0 Å². The maximum Gasteiger partial charge on any atom is 0.138 e. The van der Waals surface area contributed by atoms with Gasteiger partial charge in [-0.2, -0.15) is 0 Å². The van der Waals surface area contributed by atoms with E-state index in [1.807, 2.05) is 19.9 Å². The Balaban J connectivity index is 2.88. The van der Waals surface area contributed by atoms with Crippen molar-refractivity contribution in [2.45, 2.75) is 39.9 Å². The van der Waals surface area contributed by atoms with Crippen molar-refractivity contribution in [1.29, 1.82) is 0 Å². The van der Waals surface area contributed by atoms with Crippen LogP contribution in [0.4, 0.5) is 0 Å². The van der Waals surface area contributed by atoms with Crippen LogP contribution in [-0.4, -0.2) is 22.7 Å². The molecule has 0 aliphatic carbocycles. The molecule has 0 aliphatic heterocycles. The van der Waals surface area contributed by atoms with Gasteiger partial charge in [-0.05, 0) is 32.4 Å². The van der Waals surface area contributed by atoms with E-state index in [0.29, 0.717) is 18.2 Å². The number of nitrogens with two attached hydrogens (primary N) is 1. The quantitative estimate of drug-likeness (QED) is 0.814. The lowest BCUT2D eigenvalue weighted by Gasteiger charge is -2.25. The highest BCUT2D eigenvalue weighted by Gasteiger charge is 2.23. The Morgan fingerprint density at radius 2 is 1.94 bits per heavy atom. The van der Waals surface area contributed by atoms with Crippen LogP contribution in [0.5, 0.6) is 5.75 Å². The summed E-state index contributed by atoms with van der Waals surface area (Å²) in [6, 6.07) is 1.84. The van der Waals surface area contributed by atoms with Gasteiger partial charge in [-0.15, -0.1) is 0 Å². The van der Waals surface area contributed by atoms with E-state index in [-0.39, 0.29) is 12.0 Å². The topological polar surface area (TPSA) is 68.4 Å². The van der Waals surface area contributed by atoms with Gasteiger partial charge in [0, 0.05) is 17.7 Å². The van der Waals surface area contributed by atoms with Gasteiger partial charge in [0.1, 0.15) is 5.75 Å². The molecular weight excluding hydrogens is 228 g/mol. The predicted molar refractivity (Wildman–Crippen MR) is 72.3 cm³/mol. The van der Waals surface area contributed by atoms with Crippen molar-refractivity contribution in [3.63, 3.8) is 0 Å². The number of pyridine rings is 1. The normalized spacial score (nSPS) is 14.9. The largest absolute Gasteiger partial charge is 0.489 e. The van der Waals surface area contributed by atoms with Gasteiger partial charge >= 0.3 is 0 Å². The second-order valence-corrected chi connectivity index (χ2v) is 5.21. The number of nitrogens with zero attached hydrogens (tertiary/aromatic N) is 1. The van der Waals surface area contributed by atoms with Gasteiger partial charge in [-0.3, -0.25) is 4.98 Å². The lowest BCUT2D eigenvalue weighted by Crippen LogP contribution is -2.26. The first kappa shape index (κ1) is 14.9. The van der Waals surface area contributed by atoms with Gasteiger partial charge in [-0.1, -0.05) is 13.8 Å². The third kappa shape index (κ3) is 3.96. The summed E-state index contributed by atoms with van der Waals surface area (Å²) in [4.78, 5) is 4.11. The van der Waals surface area contributed by atoms with Gasteiger partial charge in [0.2, 0.25) is 0 Å². The van der Waals surface area contributed by atoms with E-state index in [2.05, 4.69) is 18.8 Å². The van der Waals surface area contributed by atoms with E-state index in [0.717, 1.165) is 5.56 Å². The van der Waals surface area contributed by atoms with E-state index in [9.17, 15) is 5.11 Å². The predicted octanol–water partition coefficient (Wildman–Crippen LogP) is 2.13. The number of rotatable bonds is 6. The maximum absolute atomic E-state index is 10.3. The van der Waals surface area contributed by atoms with Gasteiger partial charge in [-0.25, -0.2) is 0 Å². The second kappa shape index (κ2) is 6.71. The molecule has 0 radical (unpaired) electrons. The van der Waals surface area contributed by atoms with E-state index in [1.54, 1.807) is 12.4 Å². The number of hydrogen-bond donors (Lipinski definition) is 2. The first-order chi connectivity index (χ1) is 8.45. The van der Waals surface area contributed by atoms with Crippen LogP contribution in [0.2, 0.25) is 0 Å². The smallest absolute Gasteiger partial charge is 0.138 e. The molecule has 1 aromatic heterocycles. The minimum Gasteiger partial charge on any atom is -0.489 e. The molecule has 2 unspecified atom stereocenters. The molecule has 1 heterocycles. The fourth-order valence-corrected chi connectivity index (χ4v) is 1.95. The summed E-state index contributed by atoms with van der Waals surface area (Å²) >= 11 is 0. The molecule has 102 valence electrons. The van der Waals surface area contributed by atoms with Crippen molar-refractivity contribution < 1.29 is 9.84 Å². The van der Waals surface area contributed by atoms with Gasteiger partial charge in [0.05, 0.1) is 18.4 Å². The molecule has 4 nitrogen and oxygen atoms in total. The molecule has 0 amide bonds. The molecule has 0 aliphatic rings. The van der Waals surface area contributed by atoms with Crippen LogP contribution in [0.25, 0.3) is 0 Å². The molecular formula is C14H24N2O2. The monoisotopic (exact) mass is 252 g/mol. The molecule has 3 N–H and O–H groups in total. The highest BCUT2D eigenvalue weighted by atomic mass is 16.5. The van der Waals surface area contributed by atoms with Gasteiger partial charge in [0.15, 0.2) is 0 Å². The lowest BCUT2D eigenvalue weighted by molar-refractivity contribution is 0.0853. The summed E-state index contributed by atoms with van der Waals surface area (Å²) in [7, 11) is 0. The molecule has 0 spiro atoms. The Kier molecular flexibility index (Phi) is 5.56. The SMILES string of the molecule is CC(C)Oc1cncc(C(O)C(CN)C(C)C)c1. The van der Waals surface area contributed by atoms with Crippen molar-refractivity contribution in [3.8, 4) is 5.75 Å². The summed E-state index contributed by atoms with van der Waals surface area (Å²) in [5.74, 6) is 1.03. The Morgan fingerprint density at radius 3 is 2.44 bits per heavy atom. The first-order valence-electron chi connectivity index (χ1n) is 6.45. The molecule has 0 fully saturated rings. The summed E-state index contributed by atoms with van der Waals surface area (Å²) in [5.41, 5.74) is 6.48. The number of aliphatic hydroxyl groups is 1. The van der Waals surface area contributed by atoms with Crippen LogP contribution >= 0.6 is 0 Å². The minimum atomic E-state index is -0.599. The number of hydrogen-bond acceptors (Lipinski definition) is 4. The third-order valence-corrected chi connectivity index (χ3v) is 2.98. The number of aromatic nitrogens is 1. The molecule has 1 rings (SSSR count). The third-order valence-electron chi connectivity index (χ3n) is 2.98. The summed E-state index contributed by atoms with van der Waals surface area (Å²) < 4.78 is 5.57. The fraction of sp³-hybridized carbons (Fsp3) is 0.643. The van der Waals surface area contributed by atoms with Crippen molar-refractivity contribution in [2.75, 3.05) is 6.54 Å². The van der Waals surface area contributed by atoms with Crippen LogP contribution in [0, 0.1) is 11.8 Å². The Labute approximate surface area is 109 Å². The highest BCUT2D eigenvalue weighted by Crippen LogP contribution is 2.28. The molecule has 0 saturated carbocycles. The van der Waals surface area contributed by atoms with Crippen LogP contribution in [0.15, 0.2) is 18.5 Å². The van der Waals surface area contributed by atoms with Gasteiger partial charge < -0.3 is 15.6 Å². The Morgan fingerprint density at radius 1 is 1.28 bits per heavy atom. The molecule has 18 heavy (non-hydrogen) atoms. The zero-order valence-corrected chi connectivity index (χ0v) is 11.6. The highest BCUT2D eigenvalue weighted by molar-refractivity contribution is 5.25. The maximum atomic E-state index is 10.3. The van der Waals surface area contributed by atoms with Gasteiger partial charge in [0.25, 0.3) is 0 Å². The van der Waals surface area contributed by atoms with Crippen molar-refractivity contribution in [2.24, 2.45) is 17.6 Å². The average molecular weight is 252 g/mol. The fourth-order valence-electron chi connectivity index (χ4n) is 1.95. The van der Waals surface area contributed by atoms with E-state index < -0.39 is 6.10 Å². The molecule has 0 bridgehead atoms. The molecule has 0 aromatic carbocycles. The van der Waals surface area contributed by atoms with Crippen LogP contribution in [-0.2, 0) is 0 Å². The average Bonchev–Trinajstić information content (AvgIpc) is 2.28. The van der Waals surface area contributed by atoms with Crippen LogP contribution in [0.3, 0.4) is 0 Å². The number of ether oxygens (including phenoxy) is 1. The first-order valence-corrected chi connectivity index (χ1v) is 6.45. The molecule has 1 aromatic rings. The van der Waals surface area contributed by atoms with Crippen LogP contribution in [0.1, 0.15) is 39.4 Å². The molecule has 2 atom stereocenters. The number of aliphatic hydroxyl groups excluding tert-OH is 1. The van der Waals surface area contributed by atoms with Crippen LogP contribution < -0.4 is 10.5 Å².